The average Bonchev–Trinajstić information content (AvgIpc) is 2.93. The molecule has 3 rings (SSSR count). The van der Waals surface area contributed by atoms with E-state index in [1.807, 2.05) is 36.4 Å². The molecule has 25 heavy (non-hydrogen) atoms. The van der Waals surface area contributed by atoms with Gasteiger partial charge in [0.05, 0.1) is 0 Å². The number of hydrogen-bond acceptors (Lipinski definition) is 4. The largest absolute Gasteiger partial charge is 0.480 e. The third kappa shape index (κ3) is 2.91. The van der Waals surface area contributed by atoms with Gasteiger partial charge in [-0.25, -0.2) is 0 Å². The molecule has 5 heteroatoms. The van der Waals surface area contributed by atoms with E-state index in [2.05, 4.69) is 17.4 Å². The Morgan fingerprint density at radius 2 is 1.60 bits per heavy atom. The van der Waals surface area contributed by atoms with E-state index in [1.165, 1.54) is 6.92 Å². The van der Waals surface area contributed by atoms with Gasteiger partial charge in [-0.05, 0) is 36.2 Å². The number of ether oxygens (including phenoxy) is 1. The third-order valence-corrected chi connectivity index (χ3v) is 4.80. The summed E-state index contributed by atoms with van der Waals surface area (Å²) in [7, 11) is 1.61. The molecule has 0 unspecified atom stereocenters. The number of benzene rings is 2. The zero-order chi connectivity index (χ0) is 18.0. The van der Waals surface area contributed by atoms with Gasteiger partial charge in [-0.3, -0.25) is 9.59 Å². The first kappa shape index (κ1) is 17.2. The monoisotopic (exact) mass is 339 g/mol. The van der Waals surface area contributed by atoms with E-state index in [-0.39, 0.29) is 19.1 Å². The Bertz CT molecular complexity index is 771. The minimum atomic E-state index is -1.60. The summed E-state index contributed by atoms with van der Waals surface area (Å²) in [4.78, 5) is 23.9. The van der Waals surface area contributed by atoms with Crippen molar-refractivity contribution in [1.82, 2.24) is 5.32 Å². The maximum atomic E-state index is 12.4. The first-order chi connectivity index (χ1) is 12.0. The van der Waals surface area contributed by atoms with Crippen molar-refractivity contribution < 1.29 is 19.4 Å². The van der Waals surface area contributed by atoms with Crippen LogP contribution in [-0.4, -0.2) is 37.2 Å². The Labute approximate surface area is 146 Å². The van der Waals surface area contributed by atoms with Gasteiger partial charge in [-0.1, -0.05) is 48.5 Å². The smallest absolute Gasteiger partial charge is 0.324 e. The highest BCUT2D eigenvalue weighted by atomic mass is 16.5. The van der Waals surface area contributed by atoms with Crippen LogP contribution in [0.5, 0.6) is 0 Å². The molecule has 0 aromatic heterocycles. The van der Waals surface area contributed by atoms with E-state index >= 15 is 0 Å². The van der Waals surface area contributed by atoms with Crippen LogP contribution in [0.15, 0.2) is 48.5 Å². The lowest BCUT2D eigenvalue weighted by molar-refractivity contribution is -0.167. The van der Waals surface area contributed by atoms with Crippen molar-refractivity contribution >= 4 is 11.9 Å². The second-order valence-corrected chi connectivity index (χ2v) is 6.49. The van der Waals surface area contributed by atoms with Crippen LogP contribution in [-0.2, 0) is 14.3 Å². The quantitative estimate of drug-likeness (QED) is 0.625. The van der Waals surface area contributed by atoms with E-state index in [1.54, 1.807) is 7.05 Å². The number of hydrogen-bond donors (Lipinski definition) is 2. The van der Waals surface area contributed by atoms with Crippen LogP contribution < -0.4 is 5.32 Å². The number of carboxylic acid groups (broad SMARTS) is 1. The number of esters is 1. The molecular formula is C20H21NO4. The second-order valence-electron chi connectivity index (χ2n) is 6.49. The predicted molar refractivity (Wildman–Crippen MR) is 94.3 cm³/mol. The van der Waals surface area contributed by atoms with Crippen molar-refractivity contribution in [2.24, 2.45) is 5.41 Å². The molecule has 2 aromatic rings. The number of fused-ring (bicyclic) bond motifs is 3. The lowest BCUT2D eigenvalue weighted by Gasteiger charge is -2.23. The molecule has 0 aliphatic heterocycles. The Hall–Kier alpha value is -2.66. The molecule has 2 N–H and O–H groups in total. The zero-order valence-corrected chi connectivity index (χ0v) is 14.3. The van der Waals surface area contributed by atoms with Crippen molar-refractivity contribution in [3.8, 4) is 11.1 Å². The van der Waals surface area contributed by atoms with E-state index in [0.717, 1.165) is 22.3 Å². The van der Waals surface area contributed by atoms with Gasteiger partial charge in [0.25, 0.3) is 0 Å². The van der Waals surface area contributed by atoms with Gasteiger partial charge in [-0.15, -0.1) is 0 Å². The standard InChI is InChI=1S/C20H21NO4/c1-20(12-21-2,18(22)23)19(24)25-11-17-15-9-5-3-7-13(15)14-8-4-6-10-16(14)17/h3-10,17,21H,11-12H2,1-2H3,(H,22,23)/t20-/m1/s1. The second kappa shape index (κ2) is 6.69. The summed E-state index contributed by atoms with van der Waals surface area (Å²) in [6.07, 6.45) is 0. The Morgan fingerprint density at radius 3 is 2.08 bits per heavy atom. The van der Waals surface area contributed by atoms with Crippen LogP contribution in [0.25, 0.3) is 11.1 Å². The first-order valence-corrected chi connectivity index (χ1v) is 8.22. The summed E-state index contributed by atoms with van der Waals surface area (Å²) in [6.45, 7) is 1.52. The first-order valence-electron chi connectivity index (χ1n) is 8.22. The summed E-state index contributed by atoms with van der Waals surface area (Å²) >= 11 is 0. The lowest BCUT2D eigenvalue weighted by Crippen LogP contribution is -2.45. The molecule has 0 radical (unpaired) electrons. The fourth-order valence-electron chi connectivity index (χ4n) is 3.35. The molecule has 0 fully saturated rings. The molecule has 0 amide bonds. The van der Waals surface area contributed by atoms with Crippen LogP contribution in [0.1, 0.15) is 24.0 Å². The Morgan fingerprint density at radius 1 is 1.08 bits per heavy atom. The number of carboxylic acids is 1. The number of nitrogens with one attached hydrogen (secondary N) is 1. The van der Waals surface area contributed by atoms with Crippen molar-refractivity contribution in [3.63, 3.8) is 0 Å². The van der Waals surface area contributed by atoms with E-state index in [4.69, 9.17) is 4.74 Å². The van der Waals surface area contributed by atoms with Crippen LogP contribution in [0.2, 0.25) is 0 Å². The van der Waals surface area contributed by atoms with Gasteiger partial charge in [-0.2, -0.15) is 0 Å². The lowest BCUT2D eigenvalue weighted by atomic mass is 9.90. The van der Waals surface area contributed by atoms with Gasteiger partial charge in [0.1, 0.15) is 6.61 Å². The molecule has 5 nitrogen and oxygen atoms in total. The normalized spacial score (nSPS) is 15.1. The highest BCUT2D eigenvalue weighted by Gasteiger charge is 2.43. The van der Waals surface area contributed by atoms with Gasteiger partial charge in [0.2, 0.25) is 0 Å². The topological polar surface area (TPSA) is 75.6 Å². The van der Waals surface area contributed by atoms with E-state index in [9.17, 15) is 14.7 Å². The fraction of sp³-hybridized carbons (Fsp3) is 0.300. The van der Waals surface area contributed by atoms with Crippen molar-refractivity contribution in [2.75, 3.05) is 20.2 Å². The van der Waals surface area contributed by atoms with Crippen LogP contribution >= 0.6 is 0 Å². The molecule has 1 aliphatic carbocycles. The Kier molecular flexibility index (Phi) is 4.59. The van der Waals surface area contributed by atoms with Gasteiger partial charge < -0.3 is 15.2 Å². The summed E-state index contributed by atoms with van der Waals surface area (Å²) in [5, 5.41) is 12.1. The van der Waals surface area contributed by atoms with Gasteiger partial charge in [0, 0.05) is 12.5 Å². The van der Waals surface area contributed by atoms with Crippen LogP contribution in [0.4, 0.5) is 0 Å². The highest BCUT2D eigenvalue weighted by Crippen LogP contribution is 2.44. The molecule has 0 saturated carbocycles. The number of aliphatic carboxylic acids is 1. The average molecular weight is 339 g/mol. The minimum absolute atomic E-state index is 0.0129. The minimum Gasteiger partial charge on any atom is -0.480 e. The highest BCUT2D eigenvalue weighted by molar-refractivity contribution is 5.99. The zero-order valence-electron chi connectivity index (χ0n) is 14.3. The molecule has 0 spiro atoms. The summed E-state index contributed by atoms with van der Waals surface area (Å²) in [6, 6.07) is 16.0. The van der Waals surface area contributed by atoms with Crippen molar-refractivity contribution in [2.45, 2.75) is 12.8 Å². The van der Waals surface area contributed by atoms with Crippen LogP contribution in [0.3, 0.4) is 0 Å². The number of carbonyl (C=O) groups is 2. The van der Waals surface area contributed by atoms with Crippen molar-refractivity contribution in [1.29, 1.82) is 0 Å². The van der Waals surface area contributed by atoms with E-state index in [0.29, 0.717) is 0 Å². The molecule has 1 atom stereocenters. The molecular weight excluding hydrogens is 318 g/mol. The predicted octanol–water partition coefficient (Wildman–Crippen LogP) is 2.65. The summed E-state index contributed by atoms with van der Waals surface area (Å²) in [5.74, 6) is -2.00. The maximum absolute atomic E-state index is 12.4. The van der Waals surface area contributed by atoms with Gasteiger partial charge in [0.15, 0.2) is 5.41 Å². The summed E-state index contributed by atoms with van der Waals surface area (Å²) < 4.78 is 5.46. The molecule has 0 bridgehead atoms. The molecule has 0 heterocycles. The summed E-state index contributed by atoms with van der Waals surface area (Å²) in [5.41, 5.74) is 2.86. The fourth-order valence-corrected chi connectivity index (χ4v) is 3.35. The third-order valence-electron chi connectivity index (χ3n) is 4.80. The van der Waals surface area contributed by atoms with Crippen LogP contribution in [0, 0.1) is 5.41 Å². The molecule has 130 valence electrons. The Balaban J connectivity index is 1.84. The van der Waals surface area contributed by atoms with E-state index < -0.39 is 17.4 Å². The van der Waals surface area contributed by atoms with Crippen molar-refractivity contribution in [3.05, 3.63) is 59.7 Å². The van der Waals surface area contributed by atoms with Gasteiger partial charge >= 0.3 is 11.9 Å². The molecule has 0 saturated heterocycles. The number of rotatable bonds is 6. The number of carbonyl (C=O) groups excluding carboxylic acids is 1. The molecule has 1 aliphatic rings. The SMILES string of the molecule is CNC[C@](C)(C(=O)O)C(=O)OCC1c2ccccc2-c2ccccc21. The molecule has 2 aromatic carbocycles. The maximum Gasteiger partial charge on any atom is 0.324 e.